The Labute approximate surface area is 195 Å². The summed E-state index contributed by atoms with van der Waals surface area (Å²) in [6.45, 7) is 0. The lowest BCUT2D eigenvalue weighted by Gasteiger charge is -2.37. The third-order valence-electron chi connectivity index (χ3n) is 5.92. The number of allylic oxidation sites excluding steroid dienone is 2. The van der Waals surface area contributed by atoms with Crippen molar-refractivity contribution in [1.29, 1.82) is 0 Å². The van der Waals surface area contributed by atoms with Crippen molar-refractivity contribution >= 4 is 46.5 Å². The van der Waals surface area contributed by atoms with Crippen molar-refractivity contribution in [2.45, 2.75) is 18.4 Å². The number of rotatable bonds is 3. The average molecular weight is 471 g/mol. The number of carbonyl (C=O) groups is 1. The molecule has 0 radical (unpaired) electrons. The first-order chi connectivity index (χ1) is 15.0. The van der Waals surface area contributed by atoms with Crippen LogP contribution in [0.5, 0.6) is 5.75 Å². The molecule has 156 valence electrons. The number of benzene rings is 3. The summed E-state index contributed by atoms with van der Waals surface area (Å²) in [6, 6.07) is 18.6. The highest BCUT2D eigenvalue weighted by atomic mass is 35.5. The quantitative estimate of drug-likeness (QED) is 0.242. The minimum Gasteiger partial charge on any atom is -0.423 e. The molecule has 0 spiro atoms. The van der Waals surface area contributed by atoms with Gasteiger partial charge in [-0.25, -0.2) is 4.79 Å². The van der Waals surface area contributed by atoms with E-state index in [9.17, 15) is 4.79 Å². The van der Waals surface area contributed by atoms with Crippen LogP contribution in [0.3, 0.4) is 0 Å². The van der Waals surface area contributed by atoms with Gasteiger partial charge in [-0.15, -0.1) is 0 Å². The summed E-state index contributed by atoms with van der Waals surface area (Å²) in [7, 11) is 0. The van der Waals surface area contributed by atoms with Crippen molar-refractivity contribution in [3.8, 4) is 5.75 Å². The fourth-order valence-corrected chi connectivity index (χ4v) is 5.06. The number of carbonyl (C=O) groups excluding carboxylic acids is 1. The highest BCUT2D eigenvalue weighted by molar-refractivity contribution is 6.36. The van der Waals surface area contributed by atoms with E-state index >= 15 is 0 Å². The Hall–Kier alpha value is -2.46. The van der Waals surface area contributed by atoms with E-state index in [1.807, 2.05) is 24.3 Å². The highest BCUT2D eigenvalue weighted by Gasteiger charge is 2.38. The lowest BCUT2D eigenvalue weighted by molar-refractivity contribution is 0.0735. The molecule has 1 heterocycles. The van der Waals surface area contributed by atoms with Crippen LogP contribution in [0, 0.1) is 5.92 Å². The summed E-state index contributed by atoms with van der Waals surface area (Å²) in [5, 5.41) is 5.14. The van der Waals surface area contributed by atoms with Crippen LogP contribution >= 0.6 is 34.8 Å². The Kier molecular flexibility index (Phi) is 5.43. The predicted molar refractivity (Wildman–Crippen MR) is 126 cm³/mol. The number of anilines is 1. The molecular formula is C25H18Cl3NO2. The minimum atomic E-state index is -0.511. The number of fused-ring (bicyclic) bond motifs is 3. The molecule has 1 aliphatic heterocycles. The SMILES string of the molecule is O=C(Oc1ccc2c(c1)[C@H]1C=CC[C@H]1[C@H](c1ccc(Cl)cc1)N2)c1ccc(Cl)cc1Cl. The van der Waals surface area contributed by atoms with Crippen molar-refractivity contribution in [3.63, 3.8) is 0 Å². The van der Waals surface area contributed by atoms with Gasteiger partial charge in [0.05, 0.1) is 16.6 Å². The number of hydrogen-bond acceptors (Lipinski definition) is 3. The molecule has 5 rings (SSSR count). The largest absolute Gasteiger partial charge is 0.423 e. The number of ether oxygens (including phenoxy) is 1. The Bertz CT molecular complexity index is 1190. The molecule has 1 N–H and O–H groups in total. The van der Waals surface area contributed by atoms with Gasteiger partial charge in [0.2, 0.25) is 0 Å². The predicted octanol–water partition coefficient (Wildman–Crippen LogP) is 7.69. The molecule has 3 atom stereocenters. The molecule has 0 saturated heterocycles. The molecule has 3 aromatic rings. The van der Waals surface area contributed by atoms with E-state index in [-0.39, 0.29) is 22.5 Å². The minimum absolute atomic E-state index is 0.186. The van der Waals surface area contributed by atoms with E-state index in [2.05, 4.69) is 29.6 Å². The van der Waals surface area contributed by atoms with E-state index in [0.717, 1.165) is 22.7 Å². The van der Waals surface area contributed by atoms with Gasteiger partial charge in [-0.1, -0.05) is 59.1 Å². The Morgan fingerprint density at radius 2 is 1.71 bits per heavy atom. The maximum Gasteiger partial charge on any atom is 0.345 e. The zero-order valence-corrected chi connectivity index (χ0v) is 18.6. The Morgan fingerprint density at radius 1 is 0.935 bits per heavy atom. The maximum atomic E-state index is 12.6. The van der Waals surface area contributed by atoms with Crippen LogP contribution in [0.25, 0.3) is 0 Å². The van der Waals surface area contributed by atoms with Gasteiger partial charge in [0, 0.05) is 21.7 Å². The second kappa shape index (κ2) is 8.23. The first kappa shape index (κ1) is 20.4. The van der Waals surface area contributed by atoms with Crippen molar-refractivity contribution in [2.75, 3.05) is 5.32 Å². The lowest BCUT2D eigenvalue weighted by Crippen LogP contribution is -2.29. The number of halogens is 3. The van der Waals surface area contributed by atoms with Crippen LogP contribution in [-0.2, 0) is 0 Å². The molecule has 6 heteroatoms. The topological polar surface area (TPSA) is 38.3 Å². The normalized spacial score (nSPS) is 21.2. The van der Waals surface area contributed by atoms with E-state index in [0.29, 0.717) is 16.7 Å². The zero-order valence-electron chi connectivity index (χ0n) is 16.3. The molecule has 31 heavy (non-hydrogen) atoms. The van der Waals surface area contributed by atoms with Gasteiger partial charge >= 0.3 is 5.97 Å². The molecule has 3 nitrogen and oxygen atoms in total. The zero-order chi connectivity index (χ0) is 21.5. The molecule has 2 aliphatic rings. The van der Waals surface area contributed by atoms with Crippen molar-refractivity contribution in [3.05, 3.63) is 105 Å². The van der Waals surface area contributed by atoms with Gasteiger partial charge < -0.3 is 10.1 Å². The van der Waals surface area contributed by atoms with Crippen LogP contribution in [0.4, 0.5) is 5.69 Å². The number of hydrogen-bond donors (Lipinski definition) is 1. The number of nitrogens with one attached hydrogen (secondary N) is 1. The molecule has 0 bridgehead atoms. The van der Waals surface area contributed by atoms with Crippen LogP contribution in [-0.4, -0.2) is 5.97 Å². The van der Waals surface area contributed by atoms with E-state index in [4.69, 9.17) is 39.5 Å². The standard InChI is InChI=1S/C25H18Cl3NO2/c26-15-6-4-14(5-7-15)24-19-3-1-2-18(19)21-13-17(9-11-23(21)29-24)31-25(30)20-10-8-16(27)12-22(20)28/h1-2,4-13,18-19,24,29H,3H2/t18-,19+,24-/m0/s1. The monoisotopic (exact) mass is 469 g/mol. The molecule has 0 saturated carbocycles. The van der Waals surface area contributed by atoms with Crippen molar-refractivity contribution < 1.29 is 9.53 Å². The fourth-order valence-electron chi connectivity index (χ4n) is 4.45. The third kappa shape index (κ3) is 3.94. The summed E-state index contributed by atoms with van der Waals surface area (Å²) < 4.78 is 5.63. The van der Waals surface area contributed by atoms with Crippen molar-refractivity contribution in [2.24, 2.45) is 5.92 Å². The number of esters is 1. The summed E-state index contributed by atoms with van der Waals surface area (Å²) in [5.41, 5.74) is 3.65. The average Bonchev–Trinajstić information content (AvgIpc) is 3.24. The van der Waals surface area contributed by atoms with Gasteiger partial charge in [0.1, 0.15) is 5.75 Å². The summed E-state index contributed by atoms with van der Waals surface area (Å²) in [4.78, 5) is 12.6. The molecule has 0 aromatic heterocycles. The molecule has 0 unspecified atom stereocenters. The van der Waals surface area contributed by atoms with Gasteiger partial charge in [-0.05, 0) is 72.0 Å². The summed E-state index contributed by atoms with van der Waals surface area (Å²) in [6.07, 6.45) is 5.45. The Morgan fingerprint density at radius 3 is 2.48 bits per heavy atom. The van der Waals surface area contributed by atoms with Gasteiger partial charge in [0.15, 0.2) is 0 Å². The summed E-state index contributed by atoms with van der Waals surface area (Å²) >= 11 is 18.1. The molecule has 0 fully saturated rings. The van der Waals surface area contributed by atoms with Crippen LogP contribution in [0.15, 0.2) is 72.8 Å². The van der Waals surface area contributed by atoms with Crippen LogP contribution < -0.4 is 10.1 Å². The smallest absolute Gasteiger partial charge is 0.345 e. The second-order valence-electron chi connectivity index (χ2n) is 7.79. The van der Waals surface area contributed by atoms with Crippen LogP contribution in [0.2, 0.25) is 15.1 Å². The van der Waals surface area contributed by atoms with Gasteiger partial charge in [-0.3, -0.25) is 0 Å². The summed E-state index contributed by atoms with van der Waals surface area (Å²) in [5.74, 6) is 0.600. The van der Waals surface area contributed by atoms with Gasteiger partial charge in [0.25, 0.3) is 0 Å². The van der Waals surface area contributed by atoms with Gasteiger partial charge in [-0.2, -0.15) is 0 Å². The molecule has 0 amide bonds. The van der Waals surface area contributed by atoms with Crippen LogP contribution in [0.1, 0.15) is 39.9 Å². The first-order valence-electron chi connectivity index (χ1n) is 9.99. The van der Waals surface area contributed by atoms with E-state index in [1.165, 1.54) is 11.6 Å². The first-order valence-corrected chi connectivity index (χ1v) is 11.1. The Balaban J connectivity index is 1.43. The molecule has 3 aromatic carbocycles. The second-order valence-corrected chi connectivity index (χ2v) is 9.07. The fraction of sp³-hybridized carbons (Fsp3) is 0.160. The molecular weight excluding hydrogens is 453 g/mol. The highest BCUT2D eigenvalue weighted by Crippen LogP contribution is 2.50. The molecule has 1 aliphatic carbocycles. The maximum absolute atomic E-state index is 12.6. The lowest BCUT2D eigenvalue weighted by atomic mass is 9.77. The van der Waals surface area contributed by atoms with Crippen molar-refractivity contribution in [1.82, 2.24) is 0 Å². The van der Waals surface area contributed by atoms with E-state index < -0.39 is 5.97 Å². The third-order valence-corrected chi connectivity index (χ3v) is 6.72. The van der Waals surface area contributed by atoms with E-state index in [1.54, 1.807) is 18.2 Å².